The summed E-state index contributed by atoms with van der Waals surface area (Å²) in [6.07, 6.45) is 7.92. The number of carboxylic acid groups (broad SMARTS) is 1. The highest BCUT2D eigenvalue weighted by atomic mass is 16.4. The normalized spacial score (nSPS) is 29.5. The summed E-state index contributed by atoms with van der Waals surface area (Å²) < 4.78 is 0. The molecule has 13 heavy (non-hydrogen) atoms. The highest BCUT2D eigenvalue weighted by Crippen LogP contribution is 2.27. The Morgan fingerprint density at radius 1 is 1.69 bits per heavy atom. The Morgan fingerprint density at radius 3 is 2.92 bits per heavy atom. The Bertz CT molecular complexity index is 244. The monoisotopic (exact) mass is 181 g/mol. The first-order valence-electron chi connectivity index (χ1n) is 4.53. The smallest absolute Gasteiger partial charge is 0.323 e. The van der Waals surface area contributed by atoms with Gasteiger partial charge in [-0.25, -0.2) is 0 Å². The number of nitrogens with zero attached hydrogens (tertiary/aromatic N) is 1. The summed E-state index contributed by atoms with van der Waals surface area (Å²) in [5, 5.41) is 9.08. The molecule has 1 aliphatic heterocycles. The van der Waals surface area contributed by atoms with Crippen LogP contribution in [-0.2, 0) is 4.79 Å². The van der Waals surface area contributed by atoms with Crippen molar-refractivity contribution in [2.24, 2.45) is 0 Å². The van der Waals surface area contributed by atoms with Crippen LogP contribution in [0.15, 0.2) is 0 Å². The summed E-state index contributed by atoms with van der Waals surface area (Å²) in [4.78, 5) is 12.9. The van der Waals surface area contributed by atoms with Crippen molar-refractivity contribution >= 4 is 5.97 Å². The number of hydrogen-bond acceptors (Lipinski definition) is 2. The molecule has 0 saturated carbocycles. The number of rotatable bonds is 2. The second-order valence-corrected chi connectivity index (χ2v) is 3.66. The lowest BCUT2D eigenvalue weighted by atomic mass is 9.88. The molecule has 1 heterocycles. The molecule has 0 bridgehead atoms. The van der Waals surface area contributed by atoms with Crippen molar-refractivity contribution in [1.29, 1.82) is 0 Å². The molecule has 0 amide bonds. The number of carboxylic acids is 1. The van der Waals surface area contributed by atoms with E-state index in [1.165, 1.54) is 0 Å². The van der Waals surface area contributed by atoms with Gasteiger partial charge in [0.15, 0.2) is 0 Å². The average molecular weight is 181 g/mol. The van der Waals surface area contributed by atoms with Crippen LogP contribution < -0.4 is 0 Å². The summed E-state index contributed by atoms with van der Waals surface area (Å²) in [5.74, 6) is 1.75. The zero-order valence-corrected chi connectivity index (χ0v) is 7.92. The Kier molecular flexibility index (Phi) is 2.94. The van der Waals surface area contributed by atoms with E-state index in [4.69, 9.17) is 11.5 Å². The molecule has 0 spiro atoms. The van der Waals surface area contributed by atoms with Gasteiger partial charge in [0.1, 0.15) is 5.54 Å². The van der Waals surface area contributed by atoms with Crippen LogP contribution in [0, 0.1) is 12.3 Å². The van der Waals surface area contributed by atoms with Crippen LogP contribution in [0.1, 0.15) is 26.2 Å². The maximum absolute atomic E-state index is 11.1. The van der Waals surface area contributed by atoms with Gasteiger partial charge in [0.2, 0.25) is 0 Å². The van der Waals surface area contributed by atoms with Gasteiger partial charge in [0.05, 0.1) is 6.54 Å². The molecule has 1 N–H and O–H groups in total. The molecule has 1 fully saturated rings. The number of aliphatic carboxylic acids is 1. The van der Waals surface area contributed by atoms with Crippen LogP contribution in [0.25, 0.3) is 0 Å². The summed E-state index contributed by atoms with van der Waals surface area (Å²) in [5.41, 5.74) is -0.745. The van der Waals surface area contributed by atoms with E-state index in [0.717, 1.165) is 19.4 Å². The molecule has 3 heteroatoms. The van der Waals surface area contributed by atoms with Gasteiger partial charge < -0.3 is 5.11 Å². The molecule has 72 valence electrons. The zero-order valence-electron chi connectivity index (χ0n) is 7.92. The molecule has 0 aromatic carbocycles. The molecule has 3 nitrogen and oxygen atoms in total. The summed E-state index contributed by atoms with van der Waals surface area (Å²) >= 11 is 0. The number of terminal acetylenes is 1. The maximum atomic E-state index is 11.1. The summed E-state index contributed by atoms with van der Waals surface area (Å²) in [6.45, 7) is 2.99. The van der Waals surface area contributed by atoms with E-state index in [0.29, 0.717) is 13.0 Å². The van der Waals surface area contributed by atoms with E-state index in [2.05, 4.69) is 5.92 Å². The molecular formula is C10H15NO2. The number of likely N-dealkylation sites (tertiary alicyclic amines) is 1. The molecule has 1 aliphatic rings. The Balaban J connectivity index is 2.78. The first-order chi connectivity index (χ1) is 6.11. The molecular weight excluding hydrogens is 166 g/mol. The van der Waals surface area contributed by atoms with E-state index in [1.54, 1.807) is 6.92 Å². The van der Waals surface area contributed by atoms with Crippen molar-refractivity contribution in [2.45, 2.75) is 31.7 Å². The number of carbonyl (C=O) groups is 1. The third-order valence-corrected chi connectivity index (χ3v) is 2.78. The van der Waals surface area contributed by atoms with Crippen molar-refractivity contribution in [3.05, 3.63) is 0 Å². The molecule has 0 aliphatic carbocycles. The molecule has 1 atom stereocenters. The van der Waals surface area contributed by atoms with Crippen molar-refractivity contribution in [3.63, 3.8) is 0 Å². The molecule has 1 rings (SSSR count). The number of piperidine rings is 1. The van der Waals surface area contributed by atoms with Crippen molar-refractivity contribution in [1.82, 2.24) is 4.90 Å². The fourth-order valence-corrected chi connectivity index (χ4v) is 1.78. The zero-order chi connectivity index (χ0) is 9.90. The lowest BCUT2D eigenvalue weighted by Gasteiger charge is -2.40. The molecule has 0 aromatic heterocycles. The van der Waals surface area contributed by atoms with Crippen LogP contribution in [0.5, 0.6) is 0 Å². The van der Waals surface area contributed by atoms with Crippen LogP contribution in [-0.4, -0.2) is 34.6 Å². The lowest BCUT2D eigenvalue weighted by Crippen LogP contribution is -2.55. The fraction of sp³-hybridized carbons (Fsp3) is 0.700. The van der Waals surface area contributed by atoms with Gasteiger partial charge in [0.25, 0.3) is 0 Å². The minimum absolute atomic E-state index is 0.433. The van der Waals surface area contributed by atoms with E-state index in [1.807, 2.05) is 4.90 Å². The van der Waals surface area contributed by atoms with E-state index < -0.39 is 11.5 Å². The third-order valence-electron chi connectivity index (χ3n) is 2.78. The van der Waals surface area contributed by atoms with Gasteiger partial charge in [-0.05, 0) is 26.2 Å². The minimum atomic E-state index is -0.762. The summed E-state index contributed by atoms with van der Waals surface area (Å²) in [7, 11) is 0. The van der Waals surface area contributed by atoms with Crippen molar-refractivity contribution in [3.8, 4) is 12.3 Å². The first kappa shape index (κ1) is 10.1. The van der Waals surface area contributed by atoms with Gasteiger partial charge in [-0.2, -0.15) is 0 Å². The molecule has 1 saturated heterocycles. The van der Waals surface area contributed by atoms with Crippen molar-refractivity contribution in [2.75, 3.05) is 13.1 Å². The highest BCUT2D eigenvalue weighted by molar-refractivity contribution is 5.78. The summed E-state index contributed by atoms with van der Waals surface area (Å²) in [6, 6.07) is 0. The predicted molar refractivity (Wildman–Crippen MR) is 50.3 cm³/mol. The third kappa shape index (κ3) is 1.84. The second kappa shape index (κ2) is 3.80. The van der Waals surface area contributed by atoms with Gasteiger partial charge in [0, 0.05) is 6.54 Å². The maximum Gasteiger partial charge on any atom is 0.323 e. The van der Waals surface area contributed by atoms with Gasteiger partial charge >= 0.3 is 5.97 Å². The van der Waals surface area contributed by atoms with E-state index in [9.17, 15) is 4.79 Å². The van der Waals surface area contributed by atoms with Crippen LogP contribution in [0.4, 0.5) is 0 Å². The van der Waals surface area contributed by atoms with Gasteiger partial charge in [-0.3, -0.25) is 9.69 Å². The average Bonchev–Trinajstić information content (AvgIpc) is 2.09. The number of hydrogen-bond donors (Lipinski definition) is 1. The molecule has 0 aromatic rings. The minimum Gasteiger partial charge on any atom is -0.480 e. The predicted octanol–water partition coefficient (Wildman–Crippen LogP) is 0.949. The Hall–Kier alpha value is -1.01. The second-order valence-electron chi connectivity index (χ2n) is 3.66. The molecule has 1 unspecified atom stereocenters. The highest BCUT2D eigenvalue weighted by Gasteiger charge is 2.40. The van der Waals surface area contributed by atoms with Crippen LogP contribution >= 0.6 is 0 Å². The van der Waals surface area contributed by atoms with Gasteiger partial charge in [-0.1, -0.05) is 5.92 Å². The topological polar surface area (TPSA) is 40.5 Å². The largest absolute Gasteiger partial charge is 0.480 e. The van der Waals surface area contributed by atoms with E-state index >= 15 is 0 Å². The molecule has 0 radical (unpaired) electrons. The quantitative estimate of drug-likeness (QED) is 0.645. The Morgan fingerprint density at radius 2 is 2.38 bits per heavy atom. The van der Waals surface area contributed by atoms with E-state index in [-0.39, 0.29) is 0 Å². The standard InChI is InChI=1S/C10H15NO2/c1-3-7-11-8-5-4-6-10(11,2)9(12)13/h1H,4-8H2,2H3,(H,12,13). The van der Waals surface area contributed by atoms with Gasteiger partial charge in [-0.15, -0.1) is 6.42 Å². The fourth-order valence-electron chi connectivity index (χ4n) is 1.78. The lowest BCUT2D eigenvalue weighted by molar-refractivity contribution is -0.152. The Labute approximate surface area is 78.7 Å². The van der Waals surface area contributed by atoms with Crippen molar-refractivity contribution < 1.29 is 9.90 Å². The van der Waals surface area contributed by atoms with Crippen LogP contribution in [0.3, 0.4) is 0 Å². The SMILES string of the molecule is C#CCN1CCCCC1(C)C(=O)O. The van der Waals surface area contributed by atoms with Crippen LogP contribution in [0.2, 0.25) is 0 Å². The first-order valence-corrected chi connectivity index (χ1v) is 4.53.